The van der Waals surface area contributed by atoms with Gasteiger partial charge in [0, 0.05) is 22.4 Å². The minimum Gasteiger partial charge on any atom is -0.454 e. The second-order valence-corrected chi connectivity index (χ2v) is 9.46. The molecule has 0 saturated heterocycles. The van der Waals surface area contributed by atoms with E-state index < -0.39 is 0 Å². The maximum Gasteiger partial charge on any atom is 0.216 e. The van der Waals surface area contributed by atoms with Crippen LogP contribution in [0.5, 0.6) is 0 Å². The highest BCUT2D eigenvalue weighted by molar-refractivity contribution is 6.15. The van der Waals surface area contributed by atoms with Gasteiger partial charge in [-0.1, -0.05) is 66.7 Å². The quantitative estimate of drug-likeness (QED) is 0.239. The van der Waals surface area contributed by atoms with Gasteiger partial charge in [0.05, 0.1) is 17.2 Å². The number of aryl methyl sites for hydroxylation is 3. The van der Waals surface area contributed by atoms with Crippen LogP contribution in [-0.2, 0) is 7.05 Å². The van der Waals surface area contributed by atoms with Gasteiger partial charge in [0.25, 0.3) is 0 Å². The van der Waals surface area contributed by atoms with E-state index in [4.69, 9.17) is 4.42 Å². The standard InChI is InChI=1S/C33H24FN2O/c1-20-9-15-27-31-25(18-35)14-16-26(24-12-10-23(11-13-24)22-7-5-4-6-8-22)32(31)37-33(27)30(20)29-17-21(2)28(34)19-36(29)3/h4-17,19H,1-3H3/q+1. The van der Waals surface area contributed by atoms with E-state index in [1.165, 1.54) is 6.20 Å². The maximum atomic E-state index is 14.3. The van der Waals surface area contributed by atoms with Crippen molar-refractivity contribution in [3.8, 4) is 39.6 Å². The van der Waals surface area contributed by atoms with Crippen LogP contribution in [0.25, 0.3) is 55.4 Å². The Balaban J connectivity index is 1.61. The molecule has 0 N–H and O–H groups in total. The predicted molar refractivity (Wildman–Crippen MR) is 145 cm³/mol. The van der Waals surface area contributed by atoms with Gasteiger partial charge in [-0.15, -0.1) is 0 Å². The van der Waals surface area contributed by atoms with Crippen LogP contribution in [0, 0.1) is 31.0 Å². The summed E-state index contributed by atoms with van der Waals surface area (Å²) >= 11 is 0. The number of rotatable bonds is 3. The lowest BCUT2D eigenvalue weighted by atomic mass is 9.95. The lowest BCUT2D eigenvalue weighted by Crippen LogP contribution is -2.31. The Morgan fingerprint density at radius 1 is 0.784 bits per heavy atom. The first-order valence-electron chi connectivity index (χ1n) is 12.2. The number of pyridine rings is 1. The molecule has 0 amide bonds. The molecule has 0 atom stereocenters. The lowest BCUT2D eigenvalue weighted by Gasteiger charge is -2.07. The van der Waals surface area contributed by atoms with Crippen LogP contribution in [0.4, 0.5) is 4.39 Å². The molecule has 3 nitrogen and oxygen atoms in total. The molecule has 0 unspecified atom stereocenters. The number of halogens is 1. The third kappa shape index (κ3) is 3.68. The van der Waals surface area contributed by atoms with Crippen LogP contribution in [-0.4, -0.2) is 0 Å². The molecule has 6 rings (SSSR count). The number of furan rings is 1. The van der Waals surface area contributed by atoms with Gasteiger partial charge < -0.3 is 4.42 Å². The molecule has 178 valence electrons. The minimum absolute atomic E-state index is 0.256. The Hall–Kier alpha value is -4.75. The van der Waals surface area contributed by atoms with Crippen LogP contribution < -0.4 is 4.57 Å². The van der Waals surface area contributed by atoms with Gasteiger partial charge in [-0.3, -0.25) is 0 Å². The summed E-state index contributed by atoms with van der Waals surface area (Å²) in [5.74, 6) is -0.256. The van der Waals surface area contributed by atoms with Crippen molar-refractivity contribution in [3.05, 3.63) is 114 Å². The number of benzene rings is 4. The normalized spacial score (nSPS) is 11.2. The molecule has 37 heavy (non-hydrogen) atoms. The topological polar surface area (TPSA) is 40.8 Å². The summed E-state index contributed by atoms with van der Waals surface area (Å²) in [6.07, 6.45) is 1.49. The van der Waals surface area contributed by atoms with Crippen molar-refractivity contribution < 1.29 is 13.4 Å². The molecule has 0 aliphatic rings. The Bertz CT molecular complexity index is 1860. The van der Waals surface area contributed by atoms with E-state index in [1.807, 2.05) is 62.5 Å². The zero-order chi connectivity index (χ0) is 25.7. The molecule has 0 saturated carbocycles. The Morgan fingerprint density at radius 2 is 1.49 bits per heavy atom. The second-order valence-electron chi connectivity index (χ2n) is 9.46. The molecule has 6 aromatic rings. The van der Waals surface area contributed by atoms with Crippen molar-refractivity contribution in [2.45, 2.75) is 13.8 Å². The smallest absolute Gasteiger partial charge is 0.216 e. The molecule has 2 aromatic heterocycles. The van der Waals surface area contributed by atoms with Crippen LogP contribution >= 0.6 is 0 Å². The monoisotopic (exact) mass is 483 g/mol. The SMILES string of the molecule is Cc1cc(-c2c(C)ccc3c2oc2c(-c4ccc(-c5ccccc5)cc4)ccc(C#N)c23)[n+](C)cc1F. The summed E-state index contributed by atoms with van der Waals surface area (Å²) in [6, 6.07) is 30.7. The van der Waals surface area contributed by atoms with E-state index >= 15 is 0 Å². The summed E-state index contributed by atoms with van der Waals surface area (Å²) in [6.45, 7) is 3.78. The van der Waals surface area contributed by atoms with Crippen LogP contribution in [0.15, 0.2) is 95.5 Å². The highest BCUT2D eigenvalue weighted by Gasteiger charge is 2.24. The zero-order valence-electron chi connectivity index (χ0n) is 20.8. The summed E-state index contributed by atoms with van der Waals surface area (Å²) in [7, 11) is 1.83. The Morgan fingerprint density at radius 3 is 2.22 bits per heavy atom. The molecular formula is C33H24FN2O+. The third-order valence-corrected chi connectivity index (χ3v) is 7.09. The molecule has 4 heteroatoms. The fourth-order valence-corrected chi connectivity index (χ4v) is 5.12. The Labute approximate surface area is 214 Å². The molecule has 4 aromatic carbocycles. The first kappa shape index (κ1) is 22.7. The largest absolute Gasteiger partial charge is 0.454 e. The molecule has 0 aliphatic carbocycles. The highest BCUT2D eigenvalue weighted by atomic mass is 19.1. The van der Waals surface area contributed by atoms with Crippen molar-refractivity contribution in [2.75, 3.05) is 0 Å². The average molecular weight is 484 g/mol. The van der Waals surface area contributed by atoms with E-state index in [9.17, 15) is 9.65 Å². The zero-order valence-corrected chi connectivity index (χ0v) is 20.8. The number of fused-ring (bicyclic) bond motifs is 3. The van der Waals surface area contributed by atoms with Crippen LogP contribution in [0.1, 0.15) is 16.7 Å². The maximum absolute atomic E-state index is 14.3. The molecule has 0 radical (unpaired) electrons. The van der Waals surface area contributed by atoms with Crippen molar-refractivity contribution in [1.29, 1.82) is 5.26 Å². The first-order chi connectivity index (χ1) is 18.0. The van der Waals surface area contributed by atoms with Gasteiger partial charge in [-0.2, -0.15) is 9.83 Å². The van der Waals surface area contributed by atoms with Gasteiger partial charge >= 0.3 is 0 Å². The summed E-state index contributed by atoms with van der Waals surface area (Å²) in [4.78, 5) is 0. The van der Waals surface area contributed by atoms with Gasteiger partial charge in [0.15, 0.2) is 5.82 Å². The molecular weight excluding hydrogens is 459 g/mol. The molecule has 0 aliphatic heterocycles. The van der Waals surface area contributed by atoms with E-state index in [0.29, 0.717) is 22.3 Å². The van der Waals surface area contributed by atoms with Crippen molar-refractivity contribution >= 4 is 21.9 Å². The lowest BCUT2D eigenvalue weighted by molar-refractivity contribution is -0.662. The summed E-state index contributed by atoms with van der Waals surface area (Å²) in [5.41, 5.74) is 9.49. The molecule has 0 bridgehead atoms. The average Bonchev–Trinajstić information content (AvgIpc) is 3.31. The second kappa shape index (κ2) is 8.72. The van der Waals surface area contributed by atoms with Gasteiger partial charge in [0.2, 0.25) is 11.9 Å². The van der Waals surface area contributed by atoms with Crippen LogP contribution in [0.2, 0.25) is 0 Å². The number of nitriles is 1. The number of aromatic nitrogens is 1. The fraction of sp³-hybridized carbons (Fsp3) is 0.0909. The number of nitrogens with zero attached hydrogens (tertiary/aromatic N) is 2. The molecule has 2 heterocycles. The molecule has 0 fully saturated rings. The Kier molecular flexibility index (Phi) is 5.35. The van der Waals surface area contributed by atoms with Crippen LogP contribution in [0.3, 0.4) is 0 Å². The van der Waals surface area contributed by atoms with E-state index in [-0.39, 0.29) is 5.82 Å². The highest BCUT2D eigenvalue weighted by Crippen LogP contribution is 2.42. The number of hydrogen-bond acceptors (Lipinski definition) is 2. The summed E-state index contributed by atoms with van der Waals surface area (Å²) in [5, 5.41) is 11.6. The third-order valence-electron chi connectivity index (χ3n) is 7.09. The van der Waals surface area contributed by atoms with Gasteiger partial charge in [0.1, 0.15) is 18.2 Å². The van der Waals surface area contributed by atoms with E-state index in [0.717, 1.165) is 49.8 Å². The first-order valence-corrected chi connectivity index (χ1v) is 12.2. The van der Waals surface area contributed by atoms with Gasteiger partial charge in [-0.05, 0) is 53.8 Å². The van der Waals surface area contributed by atoms with Crippen molar-refractivity contribution in [2.24, 2.45) is 7.05 Å². The fourth-order valence-electron chi connectivity index (χ4n) is 5.12. The van der Waals surface area contributed by atoms with Gasteiger partial charge in [-0.25, -0.2) is 4.39 Å². The number of hydrogen-bond donors (Lipinski definition) is 0. The predicted octanol–water partition coefficient (Wildman–Crippen LogP) is 8.04. The summed E-state index contributed by atoms with van der Waals surface area (Å²) < 4.78 is 22.7. The van der Waals surface area contributed by atoms with Crippen molar-refractivity contribution in [3.63, 3.8) is 0 Å². The van der Waals surface area contributed by atoms with Crippen molar-refractivity contribution in [1.82, 2.24) is 0 Å². The molecule has 0 spiro atoms. The minimum atomic E-state index is -0.256. The van der Waals surface area contributed by atoms with E-state index in [1.54, 1.807) is 11.5 Å². The van der Waals surface area contributed by atoms with E-state index in [2.05, 4.69) is 42.5 Å².